The van der Waals surface area contributed by atoms with Crippen LogP contribution in [-0.4, -0.2) is 26.4 Å². The second-order valence-electron chi connectivity index (χ2n) is 7.26. The van der Waals surface area contributed by atoms with Crippen LogP contribution in [0.4, 0.5) is 5.69 Å². The first-order chi connectivity index (χ1) is 15.6. The number of aromatic nitrogens is 3. The van der Waals surface area contributed by atoms with Gasteiger partial charge in [0.05, 0.1) is 5.75 Å². The number of thioether (sulfide) groups is 1. The molecule has 0 aliphatic heterocycles. The van der Waals surface area contributed by atoms with Gasteiger partial charge in [-0.1, -0.05) is 71.9 Å². The summed E-state index contributed by atoms with van der Waals surface area (Å²) in [6.45, 7) is 6.67. The summed E-state index contributed by atoms with van der Waals surface area (Å²) in [6.07, 6.45) is 1.78. The Hall–Kier alpha value is -3.58. The van der Waals surface area contributed by atoms with Gasteiger partial charge in [0.25, 0.3) is 0 Å². The highest BCUT2D eigenvalue weighted by Gasteiger charge is 2.15. The number of allylic oxidation sites excluding steroid dienone is 1. The van der Waals surface area contributed by atoms with Crippen LogP contribution < -0.4 is 10.1 Å². The maximum absolute atomic E-state index is 12.6. The molecule has 0 atom stereocenters. The monoisotopic (exact) mass is 444 g/mol. The predicted molar refractivity (Wildman–Crippen MR) is 129 cm³/mol. The van der Waals surface area contributed by atoms with E-state index in [2.05, 4.69) is 22.1 Å². The molecule has 0 bridgehead atoms. The molecule has 32 heavy (non-hydrogen) atoms. The number of nitrogens with zero attached hydrogens (tertiary/aromatic N) is 3. The Morgan fingerprint density at radius 2 is 1.88 bits per heavy atom. The van der Waals surface area contributed by atoms with Crippen LogP contribution in [-0.2, 0) is 17.9 Å². The van der Waals surface area contributed by atoms with Crippen LogP contribution in [0.2, 0.25) is 0 Å². The number of anilines is 1. The lowest BCUT2D eigenvalue weighted by atomic mass is 10.1. The number of ether oxygens (including phenoxy) is 1. The molecule has 1 N–H and O–H groups in total. The molecule has 0 saturated heterocycles. The van der Waals surface area contributed by atoms with Gasteiger partial charge in [0.15, 0.2) is 11.0 Å². The molecule has 4 rings (SSSR count). The highest BCUT2D eigenvalue weighted by Crippen LogP contribution is 2.24. The van der Waals surface area contributed by atoms with Crippen LogP contribution in [0.15, 0.2) is 84.5 Å². The molecular weight excluding hydrogens is 420 g/mol. The van der Waals surface area contributed by atoms with Gasteiger partial charge in [-0.2, -0.15) is 0 Å². The molecule has 4 aromatic rings. The van der Waals surface area contributed by atoms with Crippen molar-refractivity contribution in [2.24, 2.45) is 0 Å². The summed E-state index contributed by atoms with van der Waals surface area (Å²) in [6, 6.07) is 21.7. The Bertz CT molecular complexity index is 1230. The largest absolute Gasteiger partial charge is 0.486 e. The zero-order valence-electron chi connectivity index (χ0n) is 17.8. The number of hydrogen-bond acceptors (Lipinski definition) is 5. The maximum Gasteiger partial charge on any atom is 0.234 e. The van der Waals surface area contributed by atoms with Crippen molar-refractivity contribution in [2.75, 3.05) is 11.1 Å². The molecule has 3 aromatic carbocycles. The fraction of sp³-hybridized carbons (Fsp3) is 0.160. The summed E-state index contributed by atoms with van der Waals surface area (Å²) >= 11 is 1.34. The van der Waals surface area contributed by atoms with Crippen LogP contribution in [0, 0.1) is 6.92 Å². The molecule has 0 fully saturated rings. The molecule has 1 aromatic heterocycles. The second-order valence-corrected chi connectivity index (χ2v) is 8.21. The molecule has 0 aliphatic carbocycles. The average Bonchev–Trinajstić information content (AvgIpc) is 3.19. The molecule has 0 radical (unpaired) electrons. The smallest absolute Gasteiger partial charge is 0.234 e. The summed E-state index contributed by atoms with van der Waals surface area (Å²) in [5, 5.41) is 14.3. The molecule has 1 amide bonds. The molecule has 7 heteroatoms. The third-order valence-corrected chi connectivity index (χ3v) is 5.86. The van der Waals surface area contributed by atoms with Gasteiger partial charge < -0.3 is 10.1 Å². The minimum Gasteiger partial charge on any atom is -0.486 e. The number of aryl methyl sites for hydroxylation is 1. The molecular formula is C25H24N4O2S. The van der Waals surface area contributed by atoms with E-state index in [0.29, 0.717) is 17.5 Å². The molecule has 1 heterocycles. The quantitative estimate of drug-likeness (QED) is 0.283. The van der Waals surface area contributed by atoms with Crippen molar-refractivity contribution in [1.82, 2.24) is 14.8 Å². The van der Waals surface area contributed by atoms with Crippen LogP contribution in [0.3, 0.4) is 0 Å². The van der Waals surface area contributed by atoms with Gasteiger partial charge in [-0.3, -0.25) is 9.36 Å². The van der Waals surface area contributed by atoms with Gasteiger partial charge in [-0.05, 0) is 30.5 Å². The van der Waals surface area contributed by atoms with Crippen LogP contribution in [0.5, 0.6) is 5.75 Å². The van der Waals surface area contributed by atoms with E-state index in [-0.39, 0.29) is 18.3 Å². The highest BCUT2D eigenvalue weighted by molar-refractivity contribution is 7.99. The van der Waals surface area contributed by atoms with Gasteiger partial charge in [0.1, 0.15) is 12.4 Å². The summed E-state index contributed by atoms with van der Waals surface area (Å²) in [7, 11) is 0. The molecule has 0 spiro atoms. The molecule has 6 nitrogen and oxygen atoms in total. The summed E-state index contributed by atoms with van der Waals surface area (Å²) in [4.78, 5) is 12.6. The Morgan fingerprint density at radius 1 is 1.09 bits per heavy atom. The highest BCUT2D eigenvalue weighted by atomic mass is 32.2. The zero-order valence-corrected chi connectivity index (χ0v) is 18.6. The average molecular weight is 445 g/mol. The minimum absolute atomic E-state index is 0.100. The van der Waals surface area contributed by atoms with Crippen LogP contribution >= 0.6 is 11.8 Å². The Balaban J connectivity index is 1.40. The van der Waals surface area contributed by atoms with E-state index < -0.39 is 0 Å². The van der Waals surface area contributed by atoms with Gasteiger partial charge in [-0.15, -0.1) is 16.8 Å². The van der Waals surface area contributed by atoms with Crippen molar-refractivity contribution in [3.63, 3.8) is 0 Å². The maximum atomic E-state index is 12.6. The lowest BCUT2D eigenvalue weighted by molar-refractivity contribution is -0.113. The van der Waals surface area contributed by atoms with Crippen molar-refractivity contribution in [3.05, 3.63) is 90.8 Å². The van der Waals surface area contributed by atoms with Gasteiger partial charge in [0.2, 0.25) is 5.91 Å². The Labute approximate surface area is 191 Å². The number of fused-ring (bicyclic) bond motifs is 1. The zero-order chi connectivity index (χ0) is 22.3. The lowest BCUT2D eigenvalue weighted by Gasteiger charge is -2.10. The Kier molecular flexibility index (Phi) is 6.87. The number of carbonyl (C=O) groups is 1. The topological polar surface area (TPSA) is 69.0 Å². The van der Waals surface area contributed by atoms with Gasteiger partial charge in [-0.25, -0.2) is 0 Å². The van der Waals surface area contributed by atoms with Gasteiger partial charge in [0, 0.05) is 17.6 Å². The number of amides is 1. The van der Waals surface area contributed by atoms with E-state index >= 15 is 0 Å². The normalized spacial score (nSPS) is 10.8. The third kappa shape index (κ3) is 5.18. The fourth-order valence-electron chi connectivity index (χ4n) is 3.28. The van der Waals surface area contributed by atoms with Crippen molar-refractivity contribution in [2.45, 2.75) is 25.2 Å². The number of nitrogens with one attached hydrogen (secondary N) is 1. The third-order valence-electron chi connectivity index (χ3n) is 4.89. The van der Waals surface area contributed by atoms with E-state index in [9.17, 15) is 4.79 Å². The summed E-state index contributed by atoms with van der Waals surface area (Å²) in [5.74, 6) is 1.57. The molecule has 0 saturated carbocycles. The summed E-state index contributed by atoms with van der Waals surface area (Å²) < 4.78 is 7.76. The number of hydrogen-bond donors (Lipinski definition) is 1. The van der Waals surface area contributed by atoms with Crippen LogP contribution in [0.1, 0.15) is 11.4 Å². The molecule has 0 aliphatic rings. The van der Waals surface area contributed by atoms with Crippen molar-refractivity contribution < 1.29 is 9.53 Å². The van der Waals surface area contributed by atoms with E-state index in [4.69, 9.17) is 4.74 Å². The minimum atomic E-state index is -0.100. The van der Waals surface area contributed by atoms with E-state index in [1.54, 1.807) is 6.08 Å². The standard InChI is InChI=1S/C25H24N4O2S/c1-3-15-29-23(16-31-20-13-11-18(2)12-14-20)27-28-25(29)32-17-24(30)26-22-10-6-8-19-7-4-5-9-21(19)22/h3-14H,1,15-17H2,2H3,(H,26,30). The van der Waals surface area contributed by atoms with Crippen LogP contribution in [0.25, 0.3) is 10.8 Å². The van der Waals surface area contributed by atoms with Gasteiger partial charge >= 0.3 is 0 Å². The lowest BCUT2D eigenvalue weighted by Crippen LogP contribution is -2.15. The van der Waals surface area contributed by atoms with Crippen molar-refractivity contribution in [1.29, 1.82) is 0 Å². The number of rotatable bonds is 9. The first-order valence-electron chi connectivity index (χ1n) is 10.3. The number of carbonyl (C=O) groups excluding carboxylic acids is 1. The first-order valence-corrected chi connectivity index (χ1v) is 11.3. The van der Waals surface area contributed by atoms with E-state index in [0.717, 1.165) is 22.2 Å². The predicted octanol–water partition coefficient (Wildman–Crippen LogP) is 5.24. The second kappa shape index (κ2) is 10.2. The molecule has 0 unspecified atom stereocenters. The SMILES string of the molecule is C=CCn1c(COc2ccc(C)cc2)nnc1SCC(=O)Nc1cccc2ccccc12. The summed E-state index contributed by atoms with van der Waals surface area (Å²) in [5.41, 5.74) is 1.97. The fourth-order valence-corrected chi connectivity index (χ4v) is 4.04. The van der Waals surface area contributed by atoms with Crippen molar-refractivity contribution in [3.8, 4) is 5.75 Å². The van der Waals surface area contributed by atoms with E-state index in [1.165, 1.54) is 17.3 Å². The van der Waals surface area contributed by atoms with Crippen molar-refractivity contribution >= 4 is 34.1 Å². The first kappa shape index (κ1) is 21.6. The Morgan fingerprint density at radius 3 is 2.69 bits per heavy atom. The number of benzene rings is 3. The molecule has 162 valence electrons. The van der Waals surface area contributed by atoms with E-state index in [1.807, 2.05) is 78.2 Å².